The predicted octanol–water partition coefficient (Wildman–Crippen LogP) is 2.93. The van der Waals surface area contributed by atoms with Crippen LogP contribution in [0.25, 0.3) is 11.5 Å². The van der Waals surface area contributed by atoms with Gasteiger partial charge < -0.3 is 9.73 Å². The standard InChI is InChI=1S/C16H11ClFN3O3/c17-11-2-1-3-13(8-11)19-14(22)9-21-16(23)24-15(20-21)10-4-6-12(18)7-5-10/h1-8H,9H2,(H,19,22). The normalized spacial score (nSPS) is 10.6. The van der Waals surface area contributed by atoms with E-state index < -0.39 is 17.5 Å². The first kappa shape index (κ1) is 15.9. The van der Waals surface area contributed by atoms with Gasteiger partial charge in [0.25, 0.3) is 0 Å². The number of amides is 1. The first-order chi connectivity index (χ1) is 11.5. The zero-order chi connectivity index (χ0) is 17.1. The van der Waals surface area contributed by atoms with Gasteiger partial charge in [-0.05, 0) is 42.5 Å². The van der Waals surface area contributed by atoms with Gasteiger partial charge in [0, 0.05) is 16.3 Å². The molecule has 0 fully saturated rings. The van der Waals surface area contributed by atoms with Gasteiger partial charge in [-0.2, -0.15) is 4.68 Å². The summed E-state index contributed by atoms with van der Waals surface area (Å²) in [6.07, 6.45) is 0. The highest BCUT2D eigenvalue weighted by Crippen LogP contribution is 2.16. The topological polar surface area (TPSA) is 77.1 Å². The lowest BCUT2D eigenvalue weighted by atomic mass is 10.2. The van der Waals surface area contributed by atoms with Crippen molar-refractivity contribution in [1.82, 2.24) is 9.78 Å². The minimum Gasteiger partial charge on any atom is -0.388 e. The Kier molecular flexibility index (Phi) is 4.43. The Morgan fingerprint density at radius 3 is 2.71 bits per heavy atom. The molecule has 1 N–H and O–H groups in total. The third-order valence-corrected chi connectivity index (χ3v) is 3.33. The van der Waals surface area contributed by atoms with E-state index in [1.54, 1.807) is 24.3 Å². The maximum Gasteiger partial charge on any atom is 0.437 e. The van der Waals surface area contributed by atoms with E-state index in [1.807, 2.05) is 0 Å². The molecule has 24 heavy (non-hydrogen) atoms. The highest BCUT2D eigenvalue weighted by Gasteiger charge is 2.13. The summed E-state index contributed by atoms with van der Waals surface area (Å²) in [6, 6.07) is 11.9. The van der Waals surface area contributed by atoms with Crippen molar-refractivity contribution < 1.29 is 13.6 Å². The second kappa shape index (κ2) is 6.67. The number of hydrogen-bond acceptors (Lipinski definition) is 4. The summed E-state index contributed by atoms with van der Waals surface area (Å²) in [5, 5.41) is 7.01. The maximum atomic E-state index is 12.9. The third-order valence-electron chi connectivity index (χ3n) is 3.10. The quantitative estimate of drug-likeness (QED) is 0.787. The van der Waals surface area contributed by atoms with Crippen LogP contribution < -0.4 is 11.1 Å². The molecule has 1 heterocycles. The summed E-state index contributed by atoms with van der Waals surface area (Å²) >= 11 is 5.84. The molecule has 1 aromatic heterocycles. The average molecular weight is 348 g/mol. The molecule has 0 unspecified atom stereocenters. The Labute approximate surface area is 140 Å². The fourth-order valence-corrected chi connectivity index (χ4v) is 2.21. The molecule has 0 radical (unpaired) electrons. The van der Waals surface area contributed by atoms with Crippen LogP contribution in [0.2, 0.25) is 5.02 Å². The Morgan fingerprint density at radius 1 is 1.25 bits per heavy atom. The first-order valence-corrected chi connectivity index (χ1v) is 7.28. The number of carbonyl (C=O) groups is 1. The van der Waals surface area contributed by atoms with Gasteiger partial charge >= 0.3 is 5.76 Å². The van der Waals surface area contributed by atoms with E-state index in [-0.39, 0.29) is 12.4 Å². The number of nitrogens with one attached hydrogen (secondary N) is 1. The summed E-state index contributed by atoms with van der Waals surface area (Å²) in [6.45, 7) is -0.323. The molecule has 122 valence electrons. The van der Waals surface area contributed by atoms with Gasteiger partial charge in [0.05, 0.1) is 0 Å². The van der Waals surface area contributed by atoms with E-state index in [0.29, 0.717) is 16.3 Å². The van der Waals surface area contributed by atoms with Crippen LogP contribution in [0, 0.1) is 5.82 Å². The predicted molar refractivity (Wildman–Crippen MR) is 86.2 cm³/mol. The number of benzene rings is 2. The van der Waals surface area contributed by atoms with Gasteiger partial charge in [-0.3, -0.25) is 4.79 Å². The molecular formula is C16H11ClFN3O3. The highest BCUT2D eigenvalue weighted by atomic mass is 35.5. The summed E-state index contributed by atoms with van der Waals surface area (Å²) < 4.78 is 18.8. The van der Waals surface area contributed by atoms with Crippen LogP contribution in [-0.4, -0.2) is 15.7 Å². The van der Waals surface area contributed by atoms with Gasteiger partial charge in [-0.25, -0.2) is 9.18 Å². The second-order valence-corrected chi connectivity index (χ2v) is 5.33. The molecule has 0 aliphatic heterocycles. The van der Waals surface area contributed by atoms with Crippen LogP contribution in [0.3, 0.4) is 0 Å². The molecule has 1 amide bonds. The van der Waals surface area contributed by atoms with Gasteiger partial charge in [-0.15, -0.1) is 5.10 Å². The van der Waals surface area contributed by atoms with Crippen molar-refractivity contribution in [2.75, 3.05) is 5.32 Å². The van der Waals surface area contributed by atoms with E-state index in [4.69, 9.17) is 16.0 Å². The van der Waals surface area contributed by atoms with Crippen LogP contribution in [0.5, 0.6) is 0 Å². The van der Waals surface area contributed by atoms with Crippen LogP contribution in [-0.2, 0) is 11.3 Å². The molecule has 0 saturated heterocycles. The number of rotatable bonds is 4. The zero-order valence-corrected chi connectivity index (χ0v) is 13.0. The van der Waals surface area contributed by atoms with Crippen LogP contribution in [0.1, 0.15) is 0 Å². The van der Waals surface area contributed by atoms with E-state index in [0.717, 1.165) is 4.68 Å². The molecular weight excluding hydrogens is 337 g/mol. The van der Waals surface area contributed by atoms with Gasteiger partial charge in [0.15, 0.2) is 0 Å². The van der Waals surface area contributed by atoms with Crippen LogP contribution in [0.4, 0.5) is 10.1 Å². The minimum atomic E-state index is -0.782. The molecule has 0 aliphatic rings. The van der Waals surface area contributed by atoms with Crippen molar-refractivity contribution in [3.63, 3.8) is 0 Å². The SMILES string of the molecule is O=C(Cn1nc(-c2ccc(F)cc2)oc1=O)Nc1cccc(Cl)c1. The molecule has 0 saturated carbocycles. The van der Waals surface area contributed by atoms with Crippen molar-refractivity contribution in [1.29, 1.82) is 0 Å². The Morgan fingerprint density at radius 2 is 2.00 bits per heavy atom. The molecule has 0 atom stereocenters. The smallest absolute Gasteiger partial charge is 0.388 e. The zero-order valence-electron chi connectivity index (χ0n) is 12.2. The summed E-state index contributed by atoms with van der Waals surface area (Å²) in [5.41, 5.74) is 0.935. The third kappa shape index (κ3) is 3.69. The lowest BCUT2D eigenvalue weighted by molar-refractivity contribution is -0.117. The number of halogens is 2. The Bertz CT molecular complexity index is 934. The van der Waals surface area contributed by atoms with Gasteiger partial charge in [0.1, 0.15) is 12.4 Å². The molecule has 3 rings (SSSR count). The lowest BCUT2D eigenvalue weighted by Crippen LogP contribution is -2.25. The maximum absolute atomic E-state index is 12.9. The lowest BCUT2D eigenvalue weighted by Gasteiger charge is -2.04. The Balaban J connectivity index is 1.74. The van der Waals surface area contributed by atoms with E-state index in [9.17, 15) is 14.0 Å². The van der Waals surface area contributed by atoms with Crippen molar-refractivity contribution in [2.24, 2.45) is 0 Å². The number of aromatic nitrogens is 2. The molecule has 8 heteroatoms. The monoisotopic (exact) mass is 347 g/mol. The van der Waals surface area contributed by atoms with Gasteiger partial charge in [-0.1, -0.05) is 17.7 Å². The molecule has 0 bridgehead atoms. The minimum absolute atomic E-state index is 0.00977. The molecule has 2 aromatic carbocycles. The number of carbonyl (C=O) groups excluding carboxylic acids is 1. The summed E-state index contributed by atoms with van der Waals surface area (Å²) in [5.74, 6) is -1.65. The van der Waals surface area contributed by atoms with Crippen molar-refractivity contribution in [2.45, 2.75) is 6.54 Å². The van der Waals surface area contributed by atoms with Crippen molar-refractivity contribution in [3.05, 3.63) is 69.9 Å². The Hall–Kier alpha value is -2.93. The second-order valence-electron chi connectivity index (χ2n) is 4.90. The van der Waals surface area contributed by atoms with Crippen LogP contribution in [0.15, 0.2) is 57.7 Å². The number of anilines is 1. The summed E-state index contributed by atoms with van der Waals surface area (Å²) in [7, 11) is 0. The fourth-order valence-electron chi connectivity index (χ4n) is 2.02. The number of hydrogen-bond donors (Lipinski definition) is 1. The average Bonchev–Trinajstić information content (AvgIpc) is 2.89. The first-order valence-electron chi connectivity index (χ1n) is 6.90. The van der Waals surface area contributed by atoms with Crippen LogP contribution >= 0.6 is 11.6 Å². The van der Waals surface area contributed by atoms with Crippen molar-refractivity contribution in [3.8, 4) is 11.5 Å². The molecule has 6 nitrogen and oxygen atoms in total. The highest BCUT2D eigenvalue weighted by molar-refractivity contribution is 6.30. The number of nitrogens with zero attached hydrogens (tertiary/aromatic N) is 2. The van der Waals surface area contributed by atoms with E-state index in [1.165, 1.54) is 24.3 Å². The van der Waals surface area contributed by atoms with Crippen molar-refractivity contribution >= 4 is 23.2 Å². The molecule has 0 aliphatic carbocycles. The van der Waals surface area contributed by atoms with E-state index >= 15 is 0 Å². The van der Waals surface area contributed by atoms with E-state index in [2.05, 4.69) is 10.4 Å². The summed E-state index contributed by atoms with van der Waals surface area (Å²) in [4.78, 5) is 23.8. The fraction of sp³-hybridized carbons (Fsp3) is 0.0625. The largest absolute Gasteiger partial charge is 0.437 e. The molecule has 3 aromatic rings. The molecule has 0 spiro atoms. The van der Waals surface area contributed by atoms with Gasteiger partial charge in [0.2, 0.25) is 11.8 Å².